The first-order valence-corrected chi connectivity index (χ1v) is 4.99. The Kier molecular flexibility index (Phi) is 4.39. The van der Waals surface area contributed by atoms with E-state index in [-0.39, 0.29) is 6.04 Å². The van der Waals surface area contributed by atoms with E-state index in [1.165, 1.54) is 11.1 Å². The number of hydrogen-bond acceptors (Lipinski definition) is 2. The van der Waals surface area contributed by atoms with E-state index < -0.39 is 0 Å². The lowest BCUT2D eigenvalue weighted by Crippen LogP contribution is -2.21. The monoisotopic (exact) mass is 213 g/mol. The van der Waals surface area contributed by atoms with Crippen LogP contribution in [0.2, 0.25) is 5.02 Å². The Morgan fingerprint density at radius 2 is 2.21 bits per heavy atom. The molecule has 0 radical (unpaired) electrons. The van der Waals surface area contributed by atoms with Gasteiger partial charge in [0, 0.05) is 12.1 Å². The number of halogens is 1. The maximum Gasteiger partial charge on any atom is 0.0657 e. The van der Waals surface area contributed by atoms with Gasteiger partial charge in [0.15, 0.2) is 0 Å². The first-order chi connectivity index (χ1) is 6.69. The zero-order valence-corrected chi connectivity index (χ0v) is 9.56. The Hall–Kier alpha value is -0.570. The largest absolute Gasteiger partial charge is 0.383 e. The maximum absolute atomic E-state index is 5.95. The van der Waals surface area contributed by atoms with Gasteiger partial charge in [-0.2, -0.15) is 0 Å². The minimum Gasteiger partial charge on any atom is -0.383 e. The van der Waals surface area contributed by atoms with Crippen LogP contribution in [0, 0.1) is 6.92 Å². The van der Waals surface area contributed by atoms with Gasteiger partial charge < -0.3 is 10.1 Å². The zero-order chi connectivity index (χ0) is 10.6. The molecule has 0 saturated heterocycles. The molecule has 0 aliphatic heterocycles. The van der Waals surface area contributed by atoms with E-state index in [9.17, 15) is 0 Å². The molecule has 0 fully saturated rings. The van der Waals surface area contributed by atoms with Crippen LogP contribution in [0.1, 0.15) is 17.2 Å². The number of likely N-dealkylation sites (N-methyl/N-ethyl adjacent to an activating group) is 1. The fourth-order valence-corrected chi connectivity index (χ4v) is 1.66. The van der Waals surface area contributed by atoms with E-state index in [1.54, 1.807) is 7.11 Å². The molecule has 78 valence electrons. The van der Waals surface area contributed by atoms with Gasteiger partial charge in [-0.05, 0) is 37.2 Å². The number of ether oxygens (including phenoxy) is 1. The summed E-state index contributed by atoms with van der Waals surface area (Å²) in [6, 6.07) is 6.12. The van der Waals surface area contributed by atoms with Crippen LogP contribution < -0.4 is 5.32 Å². The summed E-state index contributed by atoms with van der Waals surface area (Å²) < 4.78 is 5.14. The molecule has 0 amide bonds. The second kappa shape index (κ2) is 5.35. The number of aryl methyl sites for hydroxylation is 1. The van der Waals surface area contributed by atoms with Crippen LogP contribution in [0.25, 0.3) is 0 Å². The average Bonchev–Trinajstić information content (AvgIpc) is 2.18. The van der Waals surface area contributed by atoms with Gasteiger partial charge in [0.25, 0.3) is 0 Å². The van der Waals surface area contributed by atoms with Crippen LogP contribution in [0.4, 0.5) is 0 Å². The summed E-state index contributed by atoms with van der Waals surface area (Å²) in [6.07, 6.45) is 0. The number of hydrogen-bond donors (Lipinski definition) is 1. The van der Waals surface area contributed by atoms with Crippen molar-refractivity contribution < 1.29 is 4.74 Å². The topological polar surface area (TPSA) is 21.3 Å². The summed E-state index contributed by atoms with van der Waals surface area (Å²) in [4.78, 5) is 0. The Morgan fingerprint density at radius 1 is 1.50 bits per heavy atom. The Labute approximate surface area is 90.2 Å². The second-order valence-electron chi connectivity index (χ2n) is 3.30. The smallest absolute Gasteiger partial charge is 0.0657 e. The van der Waals surface area contributed by atoms with Gasteiger partial charge in [0.2, 0.25) is 0 Å². The molecule has 1 atom stereocenters. The third kappa shape index (κ3) is 2.71. The molecule has 3 heteroatoms. The molecule has 0 bridgehead atoms. The quantitative estimate of drug-likeness (QED) is 0.830. The Balaban J connectivity index is 2.96. The highest BCUT2D eigenvalue weighted by Crippen LogP contribution is 2.21. The maximum atomic E-state index is 5.95. The zero-order valence-electron chi connectivity index (χ0n) is 8.80. The highest BCUT2D eigenvalue weighted by Gasteiger charge is 2.11. The highest BCUT2D eigenvalue weighted by molar-refractivity contribution is 6.30. The molecular weight excluding hydrogens is 198 g/mol. The van der Waals surface area contributed by atoms with Crippen molar-refractivity contribution in [1.82, 2.24) is 5.32 Å². The van der Waals surface area contributed by atoms with Gasteiger partial charge in [0.1, 0.15) is 0 Å². The number of benzene rings is 1. The first kappa shape index (κ1) is 11.5. The minimum atomic E-state index is 0.207. The minimum absolute atomic E-state index is 0.207. The van der Waals surface area contributed by atoms with Crippen molar-refractivity contribution in [2.45, 2.75) is 13.0 Å². The van der Waals surface area contributed by atoms with Gasteiger partial charge in [-0.15, -0.1) is 0 Å². The molecule has 1 unspecified atom stereocenters. The van der Waals surface area contributed by atoms with E-state index in [0.717, 1.165) is 5.02 Å². The third-order valence-corrected chi connectivity index (χ3v) is 2.53. The summed E-state index contributed by atoms with van der Waals surface area (Å²) in [6.45, 7) is 2.73. The first-order valence-electron chi connectivity index (χ1n) is 4.61. The molecule has 2 nitrogen and oxygen atoms in total. The predicted octanol–water partition coefficient (Wildman–Crippen LogP) is 2.56. The summed E-state index contributed by atoms with van der Waals surface area (Å²) in [5, 5.41) is 3.97. The summed E-state index contributed by atoms with van der Waals surface area (Å²) in [5.41, 5.74) is 2.42. The molecule has 0 aliphatic rings. The van der Waals surface area contributed by atoms with Gasteiger partial charge in [-0.1, -0.05) is 17.7 Å². The van der Waals surface area contributed by atoms with Crippen LogP contribution in [0.3, 0.4) is 0 Å². The highest BCUT2D eigenvalue weighted by atomic mass is 35.5. The Bertz CT molecular complexity index is 301. The van der Waals surface area contributed by atoms with Crippen molar-refractivity contribution in [3.63, 3.8) is 0 Å². The molecule has 0 aliphatic carbocycles. The summed E-state index contributed by atoms with van der Waals surface area (Å²) >= 11 is 5.95. The molecule has 0 spiro atoms. The summed E-state index contributed by atoms with van der Waals surface area (Å²) in [5.74, 6) is 0. The van der Waals surface area contributed by atoms with Gasteiger partial charge in [-0.25, -0.2) is 0 Å². The van der Waals surface area contributed by atoms with E-state index in [2.05, 4.69) is 12.2 Å². The van der Waals surface area contributed by atoms with E-state index in [0.29, 0.717) is 6.61 Å². The lowest BCUT2D eigenvalue weighted by Gasteiger charge is -2.18. The Morgan fingerprint density at radius 3 is 2.79 bits per heavy atom. The van der Waals surface area contributed by atoms with Gasteiger partial charge in [0.05, 0.1) is 12.6 Å². The van der Waals surface area contributed by atoms with Gasteiger partial charge >= 0.3 is 0 Å². The predicted molar refractivity (Wildman–Crippen MR) is 59.9 cm³/mol. The lowest BCUT2D eigenvalue weighted by molar-refractivity contribution is 0.170. The standard InChI is InChI=1S/C11H16ClNO/c1-8-4-5-9(12)6-10(8)11(13-2)7-14-3/h4-6,11,13H,7H2,1-3H3. The normalized spacial score (nSPS) is 12.9. The van der Waals surface area contributed by atoms with Crippen molar-refractivity contribution in [2.75, 3.05) is 20.8 Å². The molecule has 0 saturated carbocycles. The molecule has 1 aromatic carbocycles. The molecule has 1 aromatic rings. The number of methoxy groups -OCH3 is 1. The van der Waals surface area contributed by atoms with Crippen LogP contribution in [-0.2, 0) is 4.74 Å². The lowest BCUT2D eigenvalue weighted by atomic mass is 10.0. The molecule has 1 N–H and O–H groups in total. The number of rotatable bonds is 4. The van der Waals surface area contributed by atoms with Crippen LogP contribution in [-0.4, -0.2) is 20.8 Å². The van der Waals surface area contributed by atoms with Crippen LogP contribution in [0.5, 0.6) is 0 Å². The van der Waals surface area contributed by atoms with Crippen LogP contribution in [0.15, 0.2) is 18.2 Å². The molecule has 0 heterocycles. The summed E-state index contributed by atoms with van der Waals surface area (Å²) in [7, 11) is 3.62. The van der Waals surface area contributed by atoms with Crippen LogP contribution >= 0.6 is 11.6 Å². The van der Waals surface area contributed by atoms with Crippen molar-refractivity contribution in [2.24, 2.45) is 0 Å². The SMILES string of the molecule is CNC(COC)c1cc(Cl)ccc1C. The molecular formula is C11H16ClNO. The van der Waals surface area contributed by atoms with Gasteiger partial charge in [-0.3, -0.25) is 0 Å². The fourth-order valence-electron chi connectivity index (χ4n) is 1.48. The number of nitrogens with one attached hydrogen (secondary N) is 1. The molecule has 0 aromatic heterocycles. The van der Waals surface area contributed by atoms with Crippen molar-refractivity contribution in [1.29, 1.82) is 0 Å². The van der Waals surface area contributed by atoms with Crippen molar-refractivity contribution >= 4 is 11.6 Å². The van der Waals surface area contributed by atoms with Crippen molar-refractivity contribution in [3.8, 4) is 0 Å². The van der Waals surface area contributed by atoms with E-state index >= 15 is 0 Å². The van der Waals surface area contributed by atoms with Crippen molar-refractivity contribution in [3.05, 3.63) is 34.3 Å². The molecule has 14 heavy (non-hydrogen) atoms. The second-order valence-corrected chi connectivity index (χ2v) is 3.73. The fraction of sp³-hybridized carbons (Fsp3) is 0.455. The molecule has 1 rings (SSSR count). The van der Waals surface area contributed by atoms with E-state index in [4.69, 9.17) is 16.3 Å². The average molecular weight is 214 g/mol. The van der Waals surface area contributed by atoms with E-state index in [1.807, 2.05) is 25.2 Å². The third-order valence-electron chi connectivity index (χ3n) is 2.30.